The number of hydrogen-bond donors (Lipinski definition) is 1. The lowest BCUT2D eigenvalue weighted by Gasteiger charge is -2.33. The molecule has 0 saturated carbocycles. The van der Waals surface area contributed by atoms with E-state index in [0.717, 1.165) is 29.3 Å². The first kappa shape index (κ1) is 27.4. The molecule has 0 bridgehead atoms. The molecule has 7 nitrogen and oxygen atoms in total. The second kappa shape index (κ2) is 11.5. The predicted molar refractivity (Wildman–Crippen MR) is 156 cm³/mol. The van der Waals surface area contributed by atoms with Gasteiger partial charge >= 0.3 is 0 Å². The molecule has 2 aromatic heterocycles. The van der Waals surface area contributed by atoms with Gasteiger partial charge in [0.1, 0.15) is 11.9 Å². The first-order chi connectivity index (χ1) is 19.2. The van der Waals surface area contributed by atoms with Crippen LogP contribution in [0, 0.1) is 5.82 Å². The third-order valence-electron chi connectivity index (χ3n) is 7.21. The lowest BCUT2D eigenvalue weighted by Crippen LogP contribution is -2.38. The van der Waals surface area contributed by atoms with Gasteiger partial charge in [0.25, 0.3) is 5.56 Å². The van der Waals surface area contributed by atoms with Gasteiger partial charge in [-0.15, -0.1) is 5.10 Å². The van der Waals surface area contributed by atoms with E-state index in [4.69, 9.17) is 0 Å². The van der Waals surface area contributed by atoms with Crippen molar-refractivity contribution in [3.05, 3.63) is 123 Å². The third-order valence-corrected chi connectivity index (χ3v) is 7.21. The fourth-order valence-corrected chi connectivity index (χ4v) is 5.08. The highest BCUT2D eigenvalue weighted by Gasteiger charge is 2.33. The highest BCUT2D eigenvalue weighted by atomic mass is 19.1. The SMILES string of the molecule is CCc1ccc2[nH]c(=O)c([C@@H](c3nnnn3C(C)(C)C)N(CCc3ccccc3)Cc3ccc(F)cc3)cc2c1. The maximum Gasteiger partial charge on any atom is 0.253 e. The Labute approximate surface area is 233 Å². The van der Waals surface area contributed by atoms with Crippen LogP contribution in [0.25, 0.3) is 10.9 Å². The average Bonchev–Trinajstić information content (AvgIpc) is 3.44. The summed E-state index contributed by atoms with van der Waals surface area (Å²) in [5.41, 5.74) is 4.05. The highest BCUT2D eigenvalue weighted by molar-refractivity contribution is 5.80. The molecule has 5 rings (SSSR count). The Balaban J connectivity index is 1.68. The summed E-state index contributed by atoms with van der Waals surface area (Å²) >= 11 is 0. The van der Waals surface area contributed by atoms with Gasteiger partial charge in [-0.05, 0) is 96.4 Å². The van der Waals surface area contributed by atoms with Crippen LogP contribution in [0.1, 0.15) is 61.8 Å². The number of rotatable bonds is 9. The van der Waals surface area contributed by atoms with Crippen LogP contribution in [0.4, 0.5) is 4.39 Å². The number of hydrogen-bond acceptors (Lipinski definition) is 5. The van der Waals surface area contributed by atoms with Crippen molar-refractivity contribution in [2.45, 2.75) is 58.7 Å². The Kier molecular flexibility index (Phi) is 7.89. The molecule has 0 radical (unpaired) electrons. The molecule has 0 saturated heterocycles. The molecular formula is C32H35FN6O. The number of fused-ring (bicyclic) bond motifs is 1. The molecular weight excluding hydrogens is 503 g/mol. The maximum atomic E-state index is 13.8. The first-order valence-electron chi connectivity index (χ1n) is 13.7. The standard InChI is InChI=1S/C32H35FN6O/c1-5-22-13-16-28-25(19-22)20-27(31(40)34-28)29(30-35-36-37-39(30)32(2,3)4)38(18-17-23-9-7-6-8-10-23)21-24-11-14-26(33)15-12-24/h6-16,19-20,29H,5,17-18,21H2,1-4H3,(H,34,40)/t29-/m0/s1. The summed E-state index contributed by atoms with van der Waals surface area (Å²) in [4.78, 5) is 19.1. The van der Waals surface area contributed by atoms with Crippen LogP contribution < -0.4 is 5.56 Å². The molecule has 0 amide bonds. The molecule has 0 aliphatic carbocycles. The van der Waals surface area contributed by atoms with Gasteiger partial charge in [-0.2, -0.15) is 0 Å². The summed E-state index contributed by atoms with van der Waals surface area (Å²) in [6, 6.07) is 24.3. The van der Waals surface area contributed by atoms with Crippen molar-refractivity contribution in [2.24, 2.45) is 0 Å². The van der Waals surface area contributed by atoms with E-state index in [1.165, 1.54) is 23.3 Å². The van der Waals surface area contributed by atoms with E-state index in [-0.39, 0.29) is 11.4 Å². The van der Waals surface area contributed by atoms with Crippen molar-refractivity contribution < 1.29 is 4.39 Å². The van der Waals surface area contributed by atoms with E-state index in [9.17, 15) is 9.18 Å². The van der Waals surface area contributed by atoms with Gasteiger partial charge in [0.05, 0.1) is 5.54 Å². The second-order valence-corrected chi connectivity index (χ2v) is 11.2. The van der Waals surface area contributed by atoms with Crippen molar-refractivity contribution in [1.82, 2.24) is 30.1 Å². The van der Waals surface area contributed by atoms with Crippen LogP contribution in [0.3, 0.4) is 0 Å². The Morgan fingerprint density at radius 3 is 2.38 bits per heavy atom. The molecule has 3 aromatic carbocycles. The largest absolute Gasteiger partial charge is 0.322 e. The highest BCUT2D eigenvalue weighted by Crippen LogP contribution is 2.31. The Morgan fingerprint density at radius 1 is 0.950 bits per heavy atom. The Hall–Kier alpha value is -4.17. The minimum Gasteiger partial charge on any atom is -0.322 e. The number of H-pyrrole nitrogens is 1. The number of pyridine rings is 1. The van der Waals surface area contributed by atoms with E-state index in [1.807, 2.05) is 57.2 Å². The van der Waals surface area contributed by atoms with Gasteiger partial charge in [-0.1, -0.05) is 55.5 Å². The summed E-state index contributed by atoms with van der Waals surface area (Å²) in [6.07, 6.45) is 1.64. The molecule has 5 aromatic rings. The molecule has 2 heterocycles. The molecule has 1 atom stereocenters. The molecule has 0 spiro atoms. The number of aromatic nitrogens is 5. The smallest absolute Gasteiger partial charge is 0.253 e. The predicted octanol–water partition coefficient (Wildman–Crippen LogP) is 5.81. The van der Waals surface area contributed by atoms with Gasteiger partial charge in [-0.3, -0.25) is 9.69 Å². The lowest BCUT2D eigenvalue weighted by molar-refractivity contribution is 0.195. The van der Waals surface area contributed by atoms with Crippen LogP contribution in [0.15, 0.2) is 83.7 Å². The number of nitrogens with one attached hydrogen (secondary N) is 1. The van der Waals surface area contributed by atoms with E-state index in [0.29, 0.717) is 24.5 Å². The third kappa shape index (κ3) is 6.02. The number of benzene rings is 3. The van der Waals surface area contributed by atoms with Crippen LogP contribution in [0.5, 0.6) is 0 Å². The van der Waals surface area contributed by atoms with E-state index in [2.05, 4.69) is 50.5 Å². The fourth-order valence-electron chi connectivity index (χ4n) is 5.08. The fraction of sp³-hybridized carbons (Fsp3) is 0.312. The molecule has 0 aliphatic heterocycles. The number of tetrazole rings is 1. The quantitative estimate of drug-likeness (QED) is 0.256. The molecule has 8 heteroatoms. The summed E-state index contributed by atoms with van der Waals surface area (Å²) in [7, 11) is 0. The van der Waals surface area contributed by atoms with Gasteiger partial charge in [0.15, 0.2) is 5.82 Å². The summed E-state index contributed by atoms with van der Waals surface area (Å²) < 4.78 is 15.6. The van der Waals surface area contributed by atoms with Crippen molar-refractivity contribution in [3.63, 3.8) is 0 Å². The van der Waals surface area contributed by atoms with Crippen molar-refractivity contribution >= 4 is 10.9 Å². The molecule has 0 unspecified atom stereocenters. The molecule has 0 fully saturated rings. The van der Waals surface area contributed by atoms with E-state index >= 15 is 0 Å². The number of halogens is 1. The van der Waals surface area contributed by atoms with Crippen LogP contribution in [-0.4, -0.2) is 36.6 Å². The van der Waals surface area contributed by atoms with Crippen molar-refractivity contribution in [3.8, 4) is 0 Å². The molecule has 40 heavy (non-hydrogen) atoms. The maximum absolute atomic E-state index is 13.8. The monoisotopic (exact) mass is 538 g/mol. The van der Waals surface area contributed by atoms with Crippen molar-refractivity contribution in [2.75, 3.05) is 6.54 Å². The average molecular weight is 539 g/mol. The zero-order valence-corrected chi connectivity index (χ0v) is 23.4. The number of aromatic amines is 1. The Morgan fingerprint density at radius 2 is 1.68 bits per heavy atom. The minimum atomic E-state index is -0.554. The number of nitrogens with zero attached hydrogens (tertiary/aromatic N) is 5. The lowest BCUT2D eigenvalue weighted by atomic mass is 9.99. The summed E-state index contributed by atoms with van der Waals surface area (Å²) in [5, 5.41) is 13.8. The van der Waals surface area contributed by atoms with Crippen LogP contribution in [-0.2, 0) is 24.9 Å². The van der Waals surface area contributed by atoms with E-state index < -0.39 is 11.6 Å². The van der Waals surface area contributed by atoms with Gasteiger partial charge in [0.2, 0.25) is 0 Å². The normalized spacial score (nSPS) is 12.8. The van der Waals surface area contributed by atoms with Crippen LogP contribution >= 0.6 is 0 Å². The zero-order valence-electron chi connectivity index (χ0n) is 23.4. The Bertz CT molecular complexity index is 1640. The van der Waals surface area contributed by atoms with Gasteiger partial charge in [0, 0.05) is 24.2 Å². The zero-order chi connectivity index (χ0) is 28.3. The molecule has 0 aliphatic rings. The minimum absolute atomic E-state index is 0.186. The summed E-state index contributed by atoms with van der Waals surface area (Å²) in [5.74, 6) is 0.296. The summed E-state index contributed by atoms with van der Waals surface area (Å²) in [6.45, 7) is 9.32. The topological polar surface area (TPSA) is 79.7 Å². The van der Waals surface area contributed by atoms with Crippen molar-refractivity contribution in [1.29, 1.82) is 0 Å². The van der Waals surface area contributed by atoms with E-state index in [1.54, 1.807) is 16.8 Å². The first-order valence-corrected chi connectivity index (χ1v) is 13.7. The molecule has 1 N–H and O–H groups in total. The van der Waals surface area contributed by atoms with Gasteiger partial charge < -0.3 is 4.98 Å². The second-order valence-electron chi connectivity index (χ2n) is 11.2. The van der Waals surface area contributed by atoms with Crippen LogP contribution in [0.2, 0.25) is 0 Å². The van der Waals surface area contributed by atoms with Gasteiger partial charge in [-0.25, -0.2) is 9.07 Å². The molecule has 206 valence electrons. The number of aryl methyl sites for hydroxylation is 1.